The van der Waals surface area contributed by atoms with E-state index in [9.17, 15) is 18.0 Å². The minimum atomic E-state index is -4.29. The SMILES string of the molecule is CCNC(=NCCCNC(=O)OC(C)(C)C)NCCCOCC(F)(F)F.I. The molecule has 3 N–H and O–H groups in total. The topological polar surface area (TPSA) is 84.0 Å². The summed E-state index contributed by atoms with van der Waals surface area (Å²) in [5.41, 5.74) is -0.534. The van der Waals surface area contributed by atoms with Gasteiger partial charge in [-0.25, -0.2) is 4.79 Å². The molecule has 0 spiro atoms. The first-order valence-electron chi connectivity index (χ1n) is 8.67. The summed E-state index contributed by atoms with van der Waals surface area (Å²) in [7, 11) is 0. The Morgan fingerprint density at radius 1 is 1.04 bits per heavy atom. The molecule has 0 unspecified atom stereocenters. The van der Waals surface area contributed by atoms with E-state index in [0.717, 1.165) is 0 Å². The standard InChI is InChI=1S/C16H31F3N4O3.HI/c1-5-20-13(22-10-7-11-25-12-16(17,18)19)21-8-6-9-23-14(24)26-15(2,3)4;/h5-12H2,1-4H3,(H,23,24)(H2,20,21,22);1H. The number of nitrogens with zero attached hydrogens (tertiary/aromatic N) is 1. The second-order valence-corrected chi connectivity index (χ2v) is 6.49. The fourth-order valence-corrected chi connectivity index (χ4v) is 1.69. The maximum atomic E-state index is 11.9. The van der Waals surface area contributed by atoms with Crippen LogP contribution in [0.4, 0.5) is 18.0 Å². The Bertz CT molecular complexity index is 430. The molecular weight excluding hydrogens is 480 g/mol. The normalized spacial score (nSPS) is 12.2. The predicted octanol–water partition coefficient (Wildman–Crippen LogP) is 3.04. The highest BCUT2D eigenvalue weighted by Crippen LogP contribution is 2.14. The van der Waals surface area contributed by atoms with Crippen molar-refractivity contribution in [1.29, 1.82) is 0 Å². The molecule has 0 aromatic rings. The molecule has 0 bridgehead atoms. The molecule has 0 aliphatic carbocycles. The summed E-state index contributed by atoms with van der Waals surface area (Å²) in [4.78, 5) is 15.8. The van der Waals surface area contributed by atoms with Crippen LogP contribution in [-0.2, 0) is 9.47 Å². The molecule has 0 aliphatic rings. The maximum Gasteiger partial charge on any atom is 0.411 e. The average Bonchev–Trinajstić information content (AvgIpc) is 2.47. The monoisotopic (exact) mass is 512 g/mol. The quantitative estimate of drug-likeness (QED) is 0.182. The summed E-state index contributed by atoms with van der Waals surface area (Å²) in [5, 5.41) is 8.69. The van der Waals surface area contributed by atoms with E-state index in [4.69, 9.17) is 4.74 Å². The van der Waals surface area contributed by atoms with Gasteiger partial charge in [0.25, 0.3) is 0 Å². The van der Waals surface area contributed by atoms with Crippen molar-refractivity contribution in [3.05, 3.63) is 0 Å². The number of rotatable bonds is 10. The lowest BCUT2D eigenvalue weighted by Crippen LogP contribution is -2.38. The molecule has 0 fully saturated rings. The van der Waals surface area contributed by atoms with Crippen LogP contribution < -0.4 is 16.0 Å². The van der Waals surface area contributed by atoms with E-state index >= 15 is 0 Å². The highest BCUT2D eigenvalue weighted by Gasteiger charge is 2.27. The van der Waals surface area contributed by atoms with Gasteiger partial charge in [0.1, 0.15) is 12.2 Å². The number of hydrogen-bond acceptors (Lipinski definition) is 4. The zero-order valence-electron chi connectivity index (χ0n) is 16.4. The van der Waals surface area contributed by atoms with Gasteiger partial charge in [-0.15, -0.1) is 24.0 Å². The number of carbonyl (C=O) groups is 1. The fourth-order valence-electron chi connectivity index (χ4n) is 1.69. The van der Waals surface area contributed by atoms with Crippen LogP contribution in [0.25, 0.3) is 0 Å². The van der Waals surface area contributed by atoms with Gasteiger partial charge in [0.05, 0.1) is 0 Å². The molecule has 162 valence electrons. The third-order valence-electron chi connectivity index (χ3n) is 2.64. The number of ether oxygens (including phenoxy) is 2. The summed E-state index contributed by atoms with van der Waals surface area (Å²) in [6.07, 6.45) is -3.70. The molecule has 0 saturated heterocycles. The van der Waals surface area contributed by atoms with Crippen LogP contribution >= 0.6 is 24.0 Å². The Morgan fingerprint density at radius 3 is 2.22 bits per heavy atom. The summed E-state index contributed by atoms with van der Waals surface area (Å²) < 4.78 is 45.4. The fraction of sp³-hybridized carbons (Fsp3) is 0.875. The second kappa shape index (κ2) is 15.0. The third-order valence-corrected chi connectivity index (χ3v) is 2.64. The largest absolute Gasteiger partial charge is 0.444 e. The molecule has 11 heteroatoms. The minimum Gasteiger partial charge on any atom is -0.444 e. The molecular formula is C16H32F3IN4O3. The van der Waals surface area contributed by atoms with Gasteiger partial charge in [0, 0.05) is 32.8 Å². The van der Waals surface area contributed by atoms with Crippen molar-refractivity contribution in [2.75, 3.05) is 39.4 Å². The van der Waals surface area contributed by atoms with E-state index in [0.29, 0.717) is 45.0 Å². The van der Waals surface area contributed by atoms with Gasteiger partial charge in [-0.3, -0.25) is 4.99 Å². The van der Waals surface area contributed by atoms with Crippen LogP contribution in [0.2, 0.25) is 0 Å². The van der Waals surface area contributed by atoms with E-state index < -0.39 is 24.5 Å². The van der Waals surface area contributed by atoms with Gasteiger partial charge in [0.15, 0.2) is 5.96 Å². The first-order chi connectivity index (χ1) is 12.0. The molecule has 0 radical (unpaired) electrons. The van der Waals surface area contributed by atoms with Crippen molar-refractivity contribution in [1.82, 2.24) is 16.0 Å². The lowest BCUT2D eigenvalue weighted by Gasteiger charge is -2.19. The second-order valence-electron chi connectivity index (χ2n) is 6.49. The predicted molar refractivity (Wildman–Crippen MR) is 110 cm³/mol. The average molecular weight is 512 g/mol. The van der Waals surface area contributed by atoms with Crippen molar-refractivity contribution in [3.63, 3.8) is 0 Å². The maximum absolute atomic E-state index is 11.9. The first kappa shape index (κ1) is 28.2. The molecule has 0 heterocycles. The van der Waals surface area contributed by atoms with E-state index in [1.807, 2.05) is 6.92 Å². The number of hydrogen-bond donors (Lipinski definition) is 3. The summed E-state index contributed by atoms with van der Waals surface area (Å²) in [6.45, 7) is 8.09. The van der Waals surface area contributed by atoms with Gasteiger partial charge < -0.3 is 25.4 Å². The lowest BCUT2D eigenvalue weighted by molar-refractivity contribution is -0.173. The van der Waals surface area contributed by atoms with E-state index in [2.05, 4.69) is 25.7 Å². The number of alkyl carbamates (subject to hydrolysis) is 1. The van der Waals surface area contributed by atoms with E-state index in [-0.39, 0.29) is 30.6 Å². The molecule has 0 saturated carbocycles. The molecule has 7 nitrogen and oxygen atoms in total. The highest BCUT2D eigenvalue weighted by atomic mass is 127. The number of amides is 1. The van der Waals surface area contributed by atoms with Crippen LogP contribution in [-0.4, -0.2) is 63.2 Å². The van der Waals surface area contributed by atoms with Gasteiger partial charge >= 0.3 is 12.3 Å². The Morgan fingerprint density at radius 2 is 1.67 bits per heavy atom. The van der Waals surface area contributed by atoms with Crippen LogP contribution in [0.5, 0.6) is 0 Å². The summed E-state index contributed by atoms with van der Waals surface area (Å²) >= 11 is 0. The molecule has 1 amide bonds. The zero-order valence-corrected chi connectivity index (χ0v) is 18.7. The Labute approximate surface area is 176 Å². The van der Waals surface area contributed by atoms with Gasteiger partial charge in [-0.2, -0.15) is 13.2 Å². The van der Waals surface area contributed by atoms with Crippen molar-refractivity contribution in [2.24, 2.45) is 4.99 Å². The van der Waals surface area contributed by atoms with Gasteiger partial charge in [-0.1, -0.05) is 0 Å². The summed E-state index contributed by atoms with van der Waals surface area (Å²) in [5.74, 6) is 0.570. The van der Waals surface area contributed by atoms with Crippen molar-refractivity contribution < 1.29 is 27.4 Å². The lowest BCUT2D eigenvalue weighted by atomic mass is 10.2. The Hall–Kier alpha value is -0.980. The van der Waals surface area contributed by atoms with Crippen LogP contribution in [0, 0.1) is 0 Å². The van der Waals surface area contributed by atoms with E-state index in [1.54, 1.807) is 20.8 Å². The van der Waals surface area contributed by atoms with E-state index in [1.165, 1.54) is 0 Å². The van der Waals surface area contributed by atoms with Gasteiger partial charge in [0.2, 0.25) is 0 Å². The molecule has 0 rings (SSSR count). The Kier molecular flexibility index (Phi) is 15.7. The number of guanidine groups is 1. The van der Waals surface area contributed by atoms with Crippen molar-refractivity contribution in [3.8, 4) is 0 Å². The summed E-state index contributed by atoms with van der Waals surface area (Å²) in [6, 6.07) is 0. The minimum absolute atomic E-state index is 0. The molecule has 0 aromatic heterocycles. The molecule has 0 aromatic carbocycles. The van der Waals surface area contributed by atoms with Crippen LogP contribution in [0.3, 0.4) is 0 Å². The number of nitrogens with one attached hydrogen (secondary N) is 3. The molecule has 27 heavy (non-hydrogen) atoms. The molecule has 0 atom stereocenters. The highest BCUT2D eigenvalue weighted by molar-refractivity contribution is 14.0. The number of aliphatic imine (C=N–C) groups is 1. The molecule has 0 aliphatic heterocycles. The van der Waals surface area contributed by atoms with Crippen LogP contribution in [0.15, 0.2) is 4.99 Å². The van der Waals surface area contributed by atoms with Crippen molar-refractivity contribution >= 4 is 36.0 Å². The van der Waals surface area contributed by atoms with Crippen LogP contribution in [0.1, 0.15) is 40.5 Å². The smallest absolute Gasteiger partial charge is 0.411 e. The van der Waals surface area contributed by atoms with Gasteiger partial charge in [-0.05, 0) is 40.5 Å². The first-order valence-corrected chi connectivity index (χ1v) is 8.67. The third kappa shape index (κ3) is 21.2. The Balaban J connectivity index is 0. The van der Waals surface area contributed by atoms with Crippen molar-refractivity contribution in [2.45, 2.75) is 52.3 Å². The number of halogens is 4. The number of alkyl halides is 3. The number of carbonyl (C=O) groups excluding carboxylic acids is 1. The zero-order chi connectivity index (χ0) is 20.1.